The minimum absolute atomic E-state index is 0.0894. The number of imide groups is 1. The van der Waals surface area contributed by atoms with Crippen LogP contribution < -0.4 is 0 Å². The van der Waals surface area contributed by atoms with Crippen LogP contribution in [0.3, 0.4) is 0 Å². The van der Waals surface area contributed by atoms with Gasteiger partial charge in [0.1, 0.15) is 24.4 Å². The van der Waals surface area contributed by atoms with Crippen LogP contribution >= 0.6 is 0 Å². The largest absolute Gasteiger partial charge is 0.394 e. The van der Waals surface area contributed by atoms with Gasteiger partial charge in [-0.25, -0.2) is 0 Å². The Labute approximate surface area is 166 Å². The fourth-order valence-electron chi connectivity index (χ4n) is 3.71. The number of ether oxygens (including phenoxy) is 2. The number of fused-ring (bicyclic) bond motifs is 1. The summed E-state index contributed by atoms with van der Waals surface area (Å²) in [5.74, 6) is -1.19. The second kappa shape index (κ2) is 8.02. The summed E-state index contributed by atoms with van der Waals surface area (Å²) >= 11 is 0. The maximum Gasteiger partial charge on any atom is 0.262 e. The highest BCUT2D eigenvalue weighted by Crippen LogP contribution is 2.32. The molecule has 0 aliphatic carbocycles. The Morgan fingerprint density at radius 1 is 0.897 bits per heavy atom. The predicted octanol–water partition coefficient (Wildman–Crippen LogP) is 0.307. The number of benzene rings is 2. The SMILES string of the molecule is O=C1c2ccccc2C(=O)N1[C@H]1[C@H](OCc2ccccc2)O[C@@H](CO)[C@@H](O)[C@@H]1O. The van der Waals surface area contributed by atoms with Crippen LogP contribution in [-0.4, -0.2) is 69.3 Å². The number of nitrogens with zero attached hydrogens (tertiary/aromatic N) is 1. The van der Waals surface area contributed by atoms with Gasteiger partial charge >= 0.3 is 0 Å². The van der Waals surface area contributed by atoms with Crippen molar-refractivity contribution in [2.75, 3.05) is 6.61 Å². The summed E-state index contributed by atoms with van der Waals surface area (Å²) in [6, 6.07) is 14.2. The third kappa shape index (κ3) is 3.45. The van der Waals surface area contributed by atoms with Crippen molar-refractivity contribution in [3.05, 3.63) is 71.3 Å². The summed E-state index contributed by atoms with van der Waals surface area (Å²) in [6.45, 7) is -0.468. The number of rotatable bonds is 5. The van der Waals surface area contributed by atoms with Crippen molar-refractivity contribution < 1.29 is 34.4 Å². The maximum atomic E-state index is 12.9. The molecular formula is C21H21NO7. The van der Waals surface area contributed by atoms with E-state index in [0.29, 0.717) is 0 Å². The molecule has 4 rings (SSSR count). The molecule has 0 spiro atoms. The van der Waals surface area contributed by atoms with Gasteiger partial charge in [-0.1, -0.05) is 42.5 Å². The monoisotopic (exact) mass is 399 g/mol. The Bertz CT molecular complexity index is 868. The molecule has 0 radical (unpaired) electrons. The lowest BCUT2D eigenvalue weighted by Crippen LogP contribution is -2.65. The molecule has 5 atom stereocenters. The average molecular weight is 399 g/mol. The number of carbonyl (C=O) groups excluding carboxylic acids is 2. The molecule has 8 nitrogen and oxygen atoms in total. The van der Waals surface area contributed by atoms with Crippen molar-refractivity contribution >= 4 is 11.8 Å². The molecule has 29 heavy (non-hydrogen) atoms. The van der Waals surface area contributed by atoms with Gasteiger partial charge in [0, 0.05) is 0 Å². The van der Waals surface area contributed by atoms with Crippen LogP contribution in [0, 0.1) is 0 Å². The molecule has 1 saturated heterocycles. The summed E-state index contributed by atoms with van der Waals surface area (Å²) in [5, 5.41) is 30.5. The van der Waals surface area contributed by atoms with Crippen LogP contribution in [0.4, 0.5) is 0 Å². The van der Waals surface area contributed by atoms with E-state index < -0.39 is 49.1 Å². The molecule has 2 aliphatic rings. The van der Waals surface area contributed by atoms with E-state index in [1.165, 1.54) is 12.1 Å². The van der Waals surface area contributed by atoms with Crippen molar-refractivity contribution in [1.82, 2.24) is 4.90 Å². The quantitative estimate of drug-likeness (QED) is 0.620. The fourth-order valence-corrected chi connectivity index (χ4v) is 3.71. The van der Waals surface area contributed by atoms with Crippen molar-refractivity contribution in [2.45, 2.75) is 37.3 Å². The first kappa shape index (κ1) is 19.7. The van der Waals surface area contributed by atoms with Crippen molar-refractivity contribution in [3.63, 3.8) is 0 Å². The number of carbonyl (C=O) groups is 2. The summed E-state index contributed by atoms with van der Waals surface area (Å²) in [6.07, 6.45) is -5.39. The van der Waals surface area contributed by atoms with E-state index in [-0.39, 0.29) is 17.7 Å². The van der Waals surface area contributed by atoms with Crippen molar-refractivity contribution in [3.8, 4) is 0 Å². The number of hydrogen-bond donors (Lipinski definition) is 3. The summed E-state index contributed by atoms with van der Waals surface area (Å²) in [7, 11) is 0. The summed E-state index contributed by atoms with van der Waals surface area (Å²) in [4.78, 5) is 26.6. The summed E-state index contributed by atoms with van der Waals surface area (Å²) in [5.41, 5.74) is 1.24. The molecule has 0 bridgehead atoms. The van der Waals surface area contributed by atoms with E-state index in [2.05, 4.69) is 0 Å². The molecule has 2 aromatic carbocycles. The van der Waals surface area contributed by atoms with E-state index in [1.807, 2.05) is 30.3 Å². The van der Waals surface area contributed by atoms with Gasteiger partial charge in [0.05, 0.1) is 24.3 Å². The zero-order chi connectivity index (χ0) is 20.5. The number of aliphatic hydroxyl groups excluding tert-OH is 3. The molecule has 0 saturated carbocycles. The molecule has 0 unspecified atom stereocenters. The van der Waals surface area contributed by atoms with Crippen molar-refractivity contribution in [2.24, 2.45) is 0 Å². The number of amides is 2. The number of hydrogen-bond acceptors (Lipinski definition) is 7. The molecule has 2 amide bonds. The first-order chi connectivity index (χ1) is 14.0. The standard InChI is InChI=1S/C21H21NO7/c23-10-15-17(24)18(25)16(21(29-15)28-11-12-6-2-1-3-7-12)22-19(26)13-8-4-5-9-14(13)20(22)27/h1-9,15-18,21,23-25H,10-11H2/t15-,16+,17+,18+,21+/m0/s1. The molecule has 3 N–H and O–H groups in total. The molecule has 152 valence electrons. The minimum atomic E-state index is -1.55. The van der Waals surface area contributed by atoms with Gasteiger partial charge in [0.25, 0.3) is 11.8 Å². The Hall–Kier alpha value is -2.62. The zero-order valence-corrected chi connectivity index (χ0v) is 15.4. The van der Waals surface area contributed by atoms with Gasteiger partial charge in [-0.15, -0.1) is 0 Å². The third-order valence-electron chi connectivity index (χ3n) is 5.23. The van der Waals surface area contributed by atoms with E-state index in [1.54, 1.807) is 12.1 Å². The van der Waals surface area contributed by atoms with Crippen LogP contribution in [0.5, 0.6) is 0 Å². The Morgan fingerprint density at radius 2 is 1.48 bits per heavy atom. The van der Waals surface area contributed by atoms with Crippen LogP contribution in [0.1, 0.15) is 26.3 Å². The van der Waals surface area contributed by atoms with Crippen LogP contribution in [0.15, 0.2) is 54.6 Å². The molecular weight excluding hydrogens is 378 g/mol. The smallest absolute Gasteiger partial charge is 0.262 e. The van der Waals surface area contributed by atoms with Gasteiger partial charge in [-0.05, 0) is 17.7 Å². The van der Waals surface area contributed by atoms with Gasteiger partial charge in [-0.3, -0.25) is 14.5 Å². The molecule has 2 heterocycles. The van der Waals surface area contributed by atoms with Gasteiger partial charge in [0.15, 0.2) is 6.29 Å². The fraction of sp³-hybridized carbons (Fsp3) is 0.333. The topological polar surface area (TPSA) is 117 Å². The zero-order valence-electron chi connectivity index (χ0n) is 15.4. The predicted molar refractivity (Wildman–Crippen MR) is 99.7 cm³/mol. The second-order valence-corrected chi connectivity index (χ2v) is 7.02. The number of aliphatic hydroxyl groups is 3. The lowest BCUT2D eigenvalue weighted by atomic mass is 9.95. The molecule has 0 aromatic heterocycles. The highest BCUT2D eigenvalue weighted by Gasteiger charge is 2.53. The van der Waals surface area contributed by atoms with E-state index >= 15 is 0 Å². The van der Waals surface area contributed by atoms with E-state index in [0.717, 1.165) is 10.5 Å². The minimum Gasteiger partial charge on any atom is -0.394 e. The van der Waals surface area contributed by atoms with Crippen LogP contribution in [-0.2, 0) is 16.1 Å². The normalized spacial score (nSPS) is 29.2. The molecule has 8 heteroatoms. The molecule has 2 aliphatic heterocycles. The first-order valence-electron chi connectivity index (χ1n) is 9.28. The lowest BCUT2D eigenvalue weighted by molar-refractivity contribution is -0.282. The van der Waals surface area contributed by atoms with Crippen LogP contribution in [0.25, 0.3) is 0 Å². The van der Waals surface area contributed by atoms with Crippen LogP contribution in [0.2, 0.25) is 0 Å². The highest BCUT2D eigenvalue weighted by atomic mass is 16.7. The third-order valence-corrected chi connectivity index (χ3v) is 5.23. The lowest BCUT2D eigenvalue weighted by Gasteiger charge is -2.44. The summed E-state index contributed by atoms with van der Waals surface area (Å²) < 4.78 is 11.4. The van der Waals surface area contributed by atoms with Crippen molar-refractivity contribution in [1.29, 1.82) is 0 Å². The molecule has 1 fully saturated rings. The Balaban J connectivity index is 1.64. The first-order valence-corrected chi connectivity index (χ1v) is 9.28. The highest BCUT2D eigenvalue weighted by molar-refractivity contribution is 6.21. The van der Waals surface area contributed by atoms with E-state index in [4.69, 9.17) is 9.47 Å². The van der Waals surface area contributed by atoms with Gasteiger partial charge < -0.3 is 24.8 Å². The Kier molecular flexibility index (Phi) is 5.44. The Morgan fingerprint density at radius 3 is 2.07 bits per heavy atom. The van der Waals surface area contributed by atoms with Gasteiger partial charge in [0.2, 0.25) is 0 Å². The van der Waals surface area contributed by atoms with E-state index in [9.17, 15) is 24.9 Å². The molecule has 2 aromatic rings. The second-order valence-electron chi connectivity index (χ2n) is 7.02. The maximum absolute atomic E-state index is 12.9. The van der Waals surface area contributed by atoms with Gasteiger partial charge in [-0.2, -0.15) is 0 Å². The average Bonchev–Trinajstić information content (AvgIpc) is 3.00.